The predicted molar refractivity (Wildman–Crippen MR) is 72.7 cm³/mol. The number of hydrogen-bond acceptors (Lipinski definition) is 2. The number of carbonyl (C=O) groups excluding carboxylic acids is 1. The predicted octanol–water partition coefficient (Wildman–Crippen LogP) is 2.98. The SMILES string of the molecule is O=C(NC(CC1CC1)C(=O)O)c1ccc(Cl)cc1Cl. The Morgan fingerprint density at radius 2 is 2.05 bits per heavy atom. The normalized spacial score (nSPS) is 15.9. The van der Waals surface area contributed by atoms with E-state index in [1.54, 1.807) is 6.07 Å². The first-order chi connectivity index (χ1) is 8.97. The van der Waals surface area contributed by atoms with Gasteiger partial charge in [-0.2, -0.15) is 0 Å². The van der Waals surface area contributed by atoms with Crippen LogP contribution >= 0.6 is 23.2 Å². The summed E-state index contributed by atoms with van der Waals surface area (Å²) in [5.74, 6) is -1.11. The molecule has 0 heterocycles. The highest BCUT2D eigenvalue weighted by molar-refractivity contribution is 6.36. The number of carboxylic acid groups (broad SMARTS) is 1. The van der Waals surface area contributed by atoms with E-state index in [2.05, 4.69) is 5.32 Å². The molecule has 2 N–H and O–H groups in total. The summed E-state index contributed by atoms with van der Waals surface area (Å²) in [4.78, 5) is 23.1. The molecule has 1 aromatic rings. The number of benzene rings is 1. The van der Waals surface area contributed by atoms with Gasteiger partial charge in [0.1, 0.15) is 6.04 Å². The van der Waals surface area contributed by atoms with Crippen molar-refractivity contribution in [2.24, 2.45) is 5.92 Å². The summed E-state index contributed by atoms with van der Waals surface area (Å²) >= 11 is 11.7. The second-order valence-electron chi connectivity index (χ2n) is 4.67. The molecule has 2 rings (SSSR count). The van der Waals surface area contributed by atoms with Crippen LogP contribution in [-0.4, -0.2) is 23.0 Å². The molecule has 1 atom stereocenters. The lowest BCUT2D eigenvalue weighted by atomic mass is 10.1. The molecule has 1 fully saturated rings. The van der Waals surface area contributed by atoms with Gasteiger partial charge in [-0.15, -0.1) is 0 Å². The van der Waals surface area contributed by atoms with Crippen LogP contribution in [-0.2, 0) is 4.79 Å². The molecule has 102 valence electrons. The highest BCUT2D eigenvalue weighted by atomic mass is 35.5. The lowest BCUT2D eigenvalue weighted by Gasteiger charge is -2.14. The third-order valence-corrected chi connectivity index (χ3v) is 3.59. The van der Waals surface area contributed by atoms with E-state index in [0.29, 0.717) is 17.4 Å². The molecule has 1 aliphatic rings. The fraction of sp³-hybridized carbons (Fsp3) is 0.385. The highest BCUT2D eigenvalue weighted by Crippen LogP contribution is 2.33. The van der Waals surface area contributed by atoms with Gasteiger partial charge in [0.25, 0.3) is 5.91 Å². The Bertz CT molecular complexity index is 515. The van der Waals surface area contributed by atoms with Gasteiger partial charge in [-0.1, -0.05) is 36.0 Å². The Morgan fingerprint density at radius 3 is 2.58 bits per heavy atom. The molecule has 1 amide bonds. The van der Waals surface area contributed by atoms with Crippen LogP contribution in [0.2, 0.25) is 10.0 Å². The first-order valence-corrected chi connectivity index (χ1v) is 6.71. The van der Waals surface area contributed by atoms with Gasteiger partial charge in [0.15, 0.2) is 0 Å². The van der Waals surface area contributed by atoms with Crippen LogP contribution in [0.4, 0.5) is 0 Å². The highest BCUT2D eigenvalue weighted by Gasteiger charge is 2.30. The number of carboxylic acids is 1. The van der Waals surface area contributed by atoms with Crippen molar-refractivity contribution in [3.8, 4) is 0 Å². The number of rotatable bonds is 5. The van der Waals surface area contributed by atoms with E-state index in [0.717, 1.165) is 12.8 Å². The minimum absolute atomic E-state index is 0.209. The van der Waals surface area contributed by atoms with E-state index in [-0.39, 0.29) is 10.6 Å². The van der Waals surface area contributed by atoms with Crippen LogP contribution in [0.1, 0.15) is 29.6 Å². The number of aliphatic carboxylic acids is 1. The summed E-state index contributed by atoms with van der Waals surface area (Å²) in [5, 5.41) is 12.2. The molecule has 1 aromatic carbocycles. The van der Waals surface area contributed by atoms with Crippen molar-refractivity contribution >= 4 is 35.1 Å². The first kappa shape index (κ1) is 14.2. The van der Waals surface area contributed by atoms with E-state index in [1.807, 2.05) is 0 Å². The van der Waals surface area contributed by atoms with Crippen molar-refractivity contribution in [3.05, 3.63) is 33.8 Å². The maximum absolute atomic E-state index is 12.0. The second-order valence-corrected chi connectivity index (χ2v) is 5.51. The summed E-state index contributed by atoms with van der Waals surface area (Å²) in [6.45, 7) is 0. The van der Waals surface area contributed by atoms with Gasteiger partial charge in [-0.3, -0.25) is 4.79 Å². The molecular weight excluding hydrogens is 289 g/mol. The minimum atomic E-state index is -1.02. The van der Waals surface area contributed by atoms with Crippen molar-refractivity contribution in [2.45, 2.75) is 25.3 Å². The average Bonchev–Trinajstić information content (AvgIpc) is 3.11. The topological polar surface area (TPSA) is 66.4 Å². The zero-order chi connectivity index (χ0) is 14.0. The number of halogens is 2. The van der Waals surface area contributed by atoms with Crippen molar-refractivity contribution in [1.82, 2.24) is 5.32 Å². The number of amides is 1. The molecule has 1 saturated carbocycles. The summed E-state index contributed by atoms with van der Waals surface area (Å²) in [7, 11) is 0. The van der Waals surface area contributed by atoms with Gasteiger partial charge in [0, 0.05) is 5.02 Å². The number of hydrogen-bond donors (Lipinski definition) is 2. The molecular formula is C13H13Cl2NO3. The average molecular weight is 302 g/mol. The van der Waals surface area contributed by atoms with Crippen molar-refractivity contribution in [3.63, 3.8) is 0 Å². The van der Waals surface area contributed by atoms with Crippen molar-refractivity contribution < 1.29 is 14.7 Å². The van der Waals surface area contributed by atoms with Crippen LogP contribution in [0.3, 0.4) is 0 Å². The molecule has 0 bridgehead atoms. The molecule has 0 aliphatic heterocycles. The largest absolute Gasteiger partial charge is 0.480 e. The van der Waals surface area contributed by atoms with Crippen LogP contribution in [0.25, 0.3) is 0 Å². The standard InChI is InChI=1S/C13H13Cl2NO3/c14-8-3-4-9(10(15)6-8)12(17)16-11(13(18)19)5-7-1-2-7/h3-4,6-7,11H,1-2,5H2,(H,16,17)(H,18,19). The summed E-state index contributed by atoms with van der Waals surface area (Å²) in [6, 6.07) is 3.61. The zero-order valence-electron chi connectivity index (χ0n) is 10.0. The Balaban J connectivity index is 2.07. The molecule has 1 unspecified atom stereocenters. The Hall–Kier alpha value is -1.26. The van der Waals surface area contributed by atoms with Crippen molar-refractivity contribution in [2.75, 3.05) is 0 Å². The molecule has 0 spiro atoms. The van der Waals surface area contributed by atoms with Gasteiger partial charge >= 0.3 is 5.97 Å². The van der Waals surface area contributed by atoms with Gasteiger partial charge in [0.2, 0.25) is 0 Å². The fourth-order valence-corrected chi connectivity index (χ4v) is 2.31. The maximum Gasteiger partial charge on any atom is 0.326 e. The quantitative estimate of drug-likeness (QED) is 0.878. The molecule has 19 heavy (non-hydrogen) atoms. The lowest BCUT2D eigenvalue weighted by molar-refractivity contribution is -0.139. The molecule has 0 saturated heterocycles. The van der Waals surface area contributed by atoms with E-state index < -0.39 is 17.9 Å². The molecule has 6 heteroatoms. The summed E-state index contributed by atoms with van der Waals surface area (Å²) in [5.41, 5.74) is 0.230. The zero-order valence-corrected chi connectivity index (χ0v) is 11.5. The summed E-state index contributed by atoms with van der Waals surface area (Å²) in [6.07, 6.45) is 2.52. The smallest absolute Gasteiger partial charge is 0.326 e. The lowest BCUT2D eigenvalue weighted by Crippen LogP contribution is -2.41. The second kappa shape index (κ2) is 5.80. The van der Waals surface area contributed by atoms with Crippen molar-refractivity contribution in [1.29, 1.82) is 0 Å². The van der Waals surface area contributed by atoms with Gasteiger partial charge in [-0.05, 0) is 30.5 Å². The minimum Gasteiger partial charge on any atom is -0.480 e. The van der Waals surface area contributed by atoms with Gasteiger partial charge in [0.05, 0.1) is 10.6 Å². The monoisotopic (exact) mass is 301 g/mol. The van der Waals surface area contributed by atoms with E-state index in [4.69, 9.17) is 28.3 Å². The Morgan fingerprint density at radius 1 is 1.37 bits per heavy atom. The summed E-state index contributed by atoms with van der Waals surface area (Å²) < 4.78 is 0. The van der Waals surface area contributed by atoms with Gasteiger partial charge in [-0.25, -0.2) is 4.79 Å². The van der Waals surface area contributed by atoms with E-state index in [1.165, 1.54) is 12.1 Å². The molecule has 4 nitrogen and oxygen atoms in total. The van der Waals surface area contributed by atoms with Crippen LogP contribution in [0.15, 0.2) is 18.2 Å². The maximum atomic E-state index is 12.0. The molecule has 1 aliphatic carbocycles. The molecule has 0 radical (unpaired) electrons. The van der Waals surface area contributed by atoms with E-state index >= 15 is 0 Å². The fourth-order valence-electron chi connectivity index (χ4n) is 1.82. The number of nitrogens with one attached hydrogen (secondary N) is 1. The first-order valence-electron chi connectivity index (χ1n) is 5.96. The van der Waals surface area contributed by atoms with Crippen LogP contribution in [0.5, 0.6) is 0 Å². The van der Waals surface area contributed by atoms with Crippen LogP contribution < -0.4 is 5.32 Å². The third kappa shape index (κ3) is 3.85. The van der Waals surface area contributed by atoms with Gasteiger partial charge < -0.3 is 10.4 Å². The third-order valence-electron chi connectivity index (χ3n) is 3.05. The number of carbonyl (C=O) groups is 2. The van der Waals surface area contributed by atoms with E-state index in [9.17, 15) is 9.59 Å². The molecule has 0 aromatic heterocycles. The Kier molecular flexibility index (Phi) is 4.32. The van der Waals surface area contributed by atoms with Crippen LogP contribution in [0, 0.1) is 5.92 Å². The Labute approximate surface area is 120 Å².